The van der Waals surface area contributed by atoms with E-state index in [9.17, 15) is 19.5 Å². The number of carbonyl (C=O) groups excluding carboxylic acids is 3. The molecule has 2 aromatic carbocycles. The molecule has 208 valence electrons. The molecule has 1 aromatic heterocycles. The first-order valence-corrected chi connectivity index (χ1v) is 13.9. The number of thiazole rings is 1. The molecule has 40 heavy (non-hydrogen) atoms. The Hall–Kier alpha value is -4.18. The highest BCUT2D eigenvalue weighted by molar-refractivity contribution is 7.18. The van der Waals surface area contributed by atoms with Crippen molar-refractivity contribution >= 4 is 39.7 Å². The van der Waals surface area contributed by atoms with Gasteiger partial charge >= 0.3 is 5.91 Å². The van der Waals surface area contributed by atoms with Crippen molar-refractivity contribution < 1.29 is 33.7 Å². The van der Waals surface area contributed by atoms with Gasteiger partial charge in [0.2, 0.25) is 0 Å². The third-order valence-electron chi connectivity index (χ3n) is 6.71. The van der Waals surface area contributed by atoms with Crippen molar-refractivity contribution in [3.8, 4) is 17.2 Å². The minimum absolute atomic E-state index is 0.0989. The molecule has 3 aromatic rings. The van der Waals surface area contributed by atoms with Crippen molar-refractivity contribution in [2.45, 2.75) is 40.2 Å². The highest BCUT2D eigenvalue weighted by atomic mass is 32.1. The van der Waals surface area contributed by atoms with E-state index in [1.54, 1.807) is 49.4 Å². The van der Waals surface area contributed by atoms with Crippen LogP contribution in [0.5, 0.6) is 17.2 Å². The van der Waals surface area contributed by atoms with Gasteiger partial charge in [0.25, 0.3) is 5.78 Å². The maximum atomic E-state index is 13.5. The zero-order valence-corrected chi connectivity index (χ0v) is 23.5. The van der Waals surface area contributed by atoms with E-state index in [0.29, 0.717) is 64.7 Å². The van der Waals surface area contributed by atoms with Crippen molar-refractivity contribution in [3.05, 3.63) is 69.7 Å². The second-order valence-electron chi connectivity index (χ2n) is 10.1. The number of Topliss-reactive ketones (excluding diaryl/α,β-unsaturated/α-hetero) is 2. The summed E-state index contributed by atoms with van der Waals surface area (Å²) >= 11 is 1.04. The molecule has 1 amide bonds. The molecule has 2 aliphatic rings. The van der Waals surface area contributed by atoms with Crippen LogP contribution < -0.4 is 19.1 Å². The van der Waals surface area contributed by atoms with Gasteiger partial charge in [0.15, 0.2) is 22.4 Å². The number of aromatic nitrogens is 1. The monoisotopic (exact) mass is 562 g/mol. The van der Waals surface area contributed by atoms with Gasteiger partial charge in [0.05, 0.1) is 28.8 Å². The Kier molecular flexibility index (Phi) is 7.62. The number of hydrogen-bond donors (Lipinski definition) is 1. The number of benzene rings is 2. The number of aliphatic hydroxyl groups is 1. The lowest BCUT2D eigenvalue weighted by atomic mass is 9.95. The van der Waals surface area contributed by atoms with Crippen LogP contribution >= 0.6 is 11.3 Å². The number of fused-ring (bicyclic) bond motifs is 1. The Bertz CT molecular complexity index is 1520. The molecule has 9 nitrogen and oxygen atoms in total. The lowest BCUT2D eigenvalue weighted by Crippen LogP contribution is -2.29. The number of ether oxygens (including phenoxy) is 3. The molecule has 0 unspecified atom stereocenters. The predicted octanol–water partition coefficient (Wildman–Crippen LogP) is 5.48. The zero-order chi connectivity index (χ0) is 28.6. The number of aryl methyl sites for hydroxylation is 1. The van der Waals surface area contributed by atoms with E-state index in [1.807, 2.05) is 0 Å². The van der Waals surface area contributed by atoms with Crippen LogP contribution in [-0.4, -0.2) is 47.4 Å². The van der Waals surface area contributed by atoms with E-state index in [-0.39, 0.29) is 22.2 Å². The molecular weight excluding hydrogens is 532 g/mol. The molecule has 1 atom stereocenters. The Morgan fingerprint density at radius 2 is 1.90 bits per heavy atom. The highest BCUT2D eigenvalue weighted by Gasteiger charge is 2.48. The summed E-state index contributed by atoms with van der Waals surface area (Å²) in [7, 11) is 0. The van der Waals surface area contributed by atoms with Crippen LogP contribution in [0.1, 0.15) is 59.7 Å². The summed E-state index contributed by atoms with van der Waals surface area (Å²) in [6.45, 7) is 8.59. The minimum Gasteiger partial charge on any atom is -0.507 e. The first-order chi connectivity index (χ1) is 19.2. The number of anilines is 1. The lowest BCUT2D eigenvalue weighted by Gasteiger charge is -2.24. The van der Waals surface area contributed by atoms with Gasteiger partial charge in [-0.25, -0.2) is 4.98 Å². The fraction of sp³-hybridized carbons (Fsp3) is 0.333. The number of ketones is 2. The van der Waals surface area contributed by atoms with Gasteiger partial charge in [0.1, 0.15) is 24.7 Å². The molecule has 0 aliphatic carbocycles. The molecule has 1 fully saturated rings. The molecule has 1 saturated heterocycles. The summed E-state index contributed by atoms with van der Waals surface area (Å²) in [5, 5.41) is 11.7. The van der Waals surface area contributed by atoms with Crippen LogP contribution in [0.4, 0.5) is 5.13 Å². The Morgan fingerprint density at radius 1 is 1.15 bits per heavy atom. The molecule has 10 heteroatoms. The molecule has 0 bridgehead atoms. The molecular formula is C30H30N2O7S. The Morgan fingerprint density at radius 3 is 2.60 bits per heavy atom. The van der Waals surface area contributed by atoms with Gasteiger partial charge in [0, 0.05) is 12.5 Å². The molecule has 0 spiro atoms. The topological polar surface area (TPSA) is 115 Å². The van der Waals surface area contributed by atoms with Crippen LogP contribution in [0, 0.1) is 12.8 Å². The fourth-order valence-corrected chi connectivity index (χ4v) is 5.68. The first-order valence-electron chi connectivity index (χ1n) is 13.1. The largest absolute Gasteiger partial charge is 0.507 e. The van der Waals surface area contributed by atoms with E-state index in [2.05, 4.69) is 18.8 Å². The van der Waals surface area contributed by atoms with Crippen LogP contribution in [-0.2, 0) is 9.59 Å². The van der Waals surface area contributed by atoms with E-state index < -0.39 is 17.7 Å². The van der Waals surface area contributed by atoms with E-state index >= 15 is 0 Å². The maximum Gasteiger partial charge on any atom is 0.301 e. The number of aliphatic hydroxyl groups excluding tert-OH is 1. The number of hydrogen-bond acceptors (Lipinski definition) is 9. The van der Waals surface area contributed by atoms with Crippen LogP contribution in [0.2, 0.25) is 0 Å². The summed E-state index contributed by atoms with van der Waals surface area (Å²) in [6.07, 6.45) is 0.860. The van der Waals surface area contributed by atoms with Crippen LogP contribution in [0.25, 0.3) is 5.76 Å². The van der Waals surface area contributed by atoms with Gasteiger partial charge in [-0.15, -0.1) is 0 Å². The number of rotatable bonds is 8. The summed E-state index contributed by atoms with van der Waals surface area (Å²) < 4.78 is 17.2. The molecule has 2 aliphatic heterocycles. The second-order valence-corrected chi connectivity index (χ2v) is 11.1. The average Bonchev–Trinajstić information content (AvgIpc) is 3.44. The highest BCUT2D eigenvalue weighted by Crippen LogP contribution is 2.45. The maximum absolute atomic E-state index is 13.5. The quantitative estimate of drug-likeness (QED) is 0.166. The molecule has 1 N–H and O–H groups in total. The van der Waals surface area contributed by atoms with Crippen LogP contribution in [0.15, 0.2) is 48.0 Å². The smallest absolute Gasteiger partial charge is 0.301 e. The third-order valence-corrected chi connectivity index (χ3v) is 7.97. The van der Waals surface area contributed by atoms with E-state index in [4.69, 9.17) is 14.2 Å². The average molecular weight is 563 g/mol. The predicted molar refractivity (Wildman–Crippen MR) is 150 cm³/mol. The third kappa shape index (κ3) is 5.19. The minimum atomic E-state index is -1.01. The molecule has 5 rings (SSSR count). The van der Waals surface area contributed by atoms with Gasteiger partial charge < -0.3 is 19.3 Å². The van der Waals surface area contributed by atoms with Gasteiger partial charge in [-0.1, -0.05) is 37.3 Å². The number of nitrogens with zero attached hydrogens (tertiary/aromatic N) is 2. The van der Waals surface area contributed by atoms with Gasteiger partial charge in [-0.2, -0.15) is 0 Å². The van der Waals surface area contributed by atoms with Crippen molar-refractivity contribution in [2.75, 3.05) is 24.7 Å². The summed E-state index contributed by atoms with van der Waals surface area (Å²) in [4.78, 5) is 45.4. The fourth-order valence-electron chi connectivity index (χ4n) is 4.69. The summed E-state index contributed by atoms with van der Waals surface area (Å²) in [5.74, 6) is -0.253. The first kappa shape index (κ1) is 27.4. The van der Waals surface area contributed by atoms with E-state index in [0.717, 1.165) is 17.8 Å². The van der Waals surface area contributed by atoms with Gasteiger partial charge in [-0.05, 0) is 55.2 Å². The van der Waals surface area contributed by atoms with Gasteiger partial charge in [-0.3, -0.25) is 19.3 Å². The zero-order valence-electron chi connectivity index (χ0n) is 22.7. The number of carbonyl (C=O) groups is 3. The molecule has 0 saturated carbocycles. The lowest BCUT2D eigenvalue weighted by molar-refractivity contribution is -0.132. The normalized spacial score (nSPS) is 17.9. The molecule has 0 radical (unpaired) electrons. The van der Waals surface area contributed by atoms with Crippen molar-refractivity contribution in [1.29, 1.82) is 0 Å². The SMILES string of the molecule is CC(=O)c1sc(N2C(=O)C(=O)/C(=C(/O)c3ccc4c(c3)OCCO4)[C@H]2c2cccc(OCCC(C)C)c2)nc1C. The van der Waals surface area contributed by atoms with Crippen molar-refractivity contribution in [2.24, 2.45) is 5.92 Å². The van der Waals surface area contributed by atoms with E-state index in [1.165, 1.54) is 11.8 Å². The summed E-state index contributed by atoms with van der Waals surface area (Å²) in [6, 6.07) is 10.9. The number of amides is 1. The second kappa shape index (κ2) is 11.1. The molecule has 3 heterocycles. The Balaban J connectivity index is 1.64. The standard InChI is InChI=1S/C30H30N2O7S/c1-16(2)10-11-37-21-7-5-6-19(14-21)25-24(26(34)20-8-9-22-23(15-20)39-13-12-38-22)27(35)29(36)32(25)30-31-17(3)28(40-30)18(4)33/h5-9,14-16,25,34H,10-13H2,1-4H3/b26-24+/t25-/m1/s1. The Labute approximate surface area is 236 Å². The van der Waals surface area contributed by atoms with Crippen LogP contribution in [0.3, 0.4) is 0 Å². The van der Waals surface area contributed by atoms with Crippen molar-refractivity contribution in [3.63, 3.8) is 0 Å². The van der Waals surface area contributed by atoms with Crippen molar-refractivity contribution in [1.82, 2.24) is 4.98 Å². The summed E-state index contributed by atoms with van der Waals surface area (Å²) in [5.41, 5.74) is 1.22.